The van der Waals surface area contributed by atoms with Gasteiger partial charge < -0.3 is 20.3 Å². The van der Waals surface area contributed by atoms with Crippen molar-refractivity contribution in [3.05, 3.63) is 54.1 Å². The molecule has 4 heterocycles. The van der Waals surface area contributed by atoms with Crippen LogP contribution < -0.4 is 10.6 Å². The van der Waals surface area contributed by atoms with Gasteiger partial charge in [-0.25, -0.2) is 19.3 Å². The van der Waals surface area contributed by atoms with Gasteiger partial charge in [0.1, 0.15) is 17.7 Å². The minimum atomic E-state index is -1.07. The highest BCUT2D eigenvalue weighted by molar-refractivity contribution is 5.97. The maximum atomic E-state index is 13.2. The molecule has 0 bridgehead atoms. The molecule has 4 unspecified atom stereocenters. The molecule has 3 aromatic rings. The molecule has 4 atom stereocenters. The van der Waals surface area contributed by atoms with Gasteiger partial charge in [-0.05, 0) is 31.4 Å². The first-order valence-electron chi connectivity index (χ1n) is 11.4. The second-order valence-corrected chi connectivity index (χ2v) is 8.93. The van der Waals surface area contributed by atoms with Crippen molar-refractivity contribution in [1.29, 1.82) is 0 Å². The molecule has 1 aliphatic carbocycles. The number of carbonyl (C=O) groups excluding carboxylic acids is 1. The van der Waals surface area contributed by atoms with Crippen LogP contribution in [0.25, 0.3) is 28.0 Å². The highest BCUT2D eigenvalue weighted by atomic mass is 19.1. The maximum Gasteiger partial charge on any atom is 0.231 e. The number of allylic oxidation sites excluding steroid dienone is 2. The monoisotopic (exact) mass is 462 g/mol. The standard InChI is InChI=1S/C25H27FN6O2/c1-4-21(33)20-7-13(2)17(12-28-20)15-8-14-11-29-22(31-25(34)16-9-18(16)26)10-19(14)30-23(15)24-27-5-6-32(24)3/h5-8,10-12,16,18,20-21,28,33H,4,9H2,1-3H3,(H,29,31,34). The Balaban J connectivity index is 1.57. The third-order valence-corrected chi connectivity index (χ3v) is 6.43. The Morgan fingerprint density at radius 1 is 1.38 bits per heavy atom. The number of imidazole rings is 1. The normalized spacial score (nSPS) is 22.6. The summed E-state index contributed by atoms with van der Waals surface area (Å²) < 4.78 is 15.1. The second-order valence-electron chi connectivity index (χ2n) is 8.93. The summed E-state index contributed by atoms with van der Waals surface area (Å²) in [4.78, 5) is 25.9. The van der Waals surface area contributed by atoms with E-state index in [1.807, 2.05) is 50.0 Å². The Bertz CT molecular complexity index is 1330. The van der Waals surface area contributed by atoms with Gasteiger partial charge in [0, 0.05) is 54.4 Å². The van der Waals surface area contributed by atoms with Crippen molar-refractivity contribution in [2.24, 2.45) is 13.0 Å². The fourth-order valence-corrected chi connectivity index (χ4v) is 4.23. The van der Waals surface area contributed by atoms with Crippen LogP contribution in [0.15, 0.2) is 48.6 Å². The first-order chi connectivity index (χ1) is 16.4. The van der Waals surface area contributed by atoms with E-state index in [4.69, 9.17) is 4.98 Å². The van der Waals surface area contributed by atoms with E-state index in [2.05, 4.69) is 20.6 Å². The predicted octanol–water partition coefficient (Wildman–Crippen LogP) is 3.36. The summed E-state index contributed by atoms with van der Waals surface area (Å²) in [5.74, 6) is 0.0884. The summed E-state index contributed by atoms with van der Waals surface area (Å²) in [5.41, 5.74) is 4.18. The van der Waals surface area contributed by atoms with Gasteiger partial charge in [-0.15, -0.1) is 0 Å². The molecule has 5 rings (SSSR count). The van der Waals surface area contributed by atoms with Gasteiger partial charge >= 0.3 is 0 Å². The third-order valence-electron chi connectivity index (χ3n) is 6.43. The number of hydrogen-bond donors (Lipinski definition) is 3. The number of alkyl halides is 1. The molecule has 1 aliphatic heterocycles. The van der Waals surface area contributed by atoms with Crippen LogP contribution in [0.4, 0.5) is 10.2 Å². The molecule has 1 amide bonds. The van der Waals surface area contributed by atoms with Gasteiger partial charge in [0.2, 0.25) is 5.91 Å². The zero-order valence-corrected chi connectivity index (χ0v) is 19.3. The molecule has 3 N–H and O–H groups in total. The minimum Gasteiger partial charge on any atom is -0.391 e. The van der Waals surface area contributed by atoms with E-state index in [0.717, 1.165) is 22.1 Å². The number of anilines is 1. The van der Waals surface area contributed by atoms with Crippen molar-refractivity contribution in [3.8, 4) is 11.5 Å². The number of rotatable bonds is 6. The summed E-state index contributed by atoms with van der Waals surface area (Å²) in [5, 5.41) is 17.0. The number of hydrogen-bond acceptors (Lipinski definition) is 6. The van der Waals surface area contributed by atoms with Gasteiger partial charge in [0.25, 0.3) is 0 Å². The number of aromatic nitrogens is 4. The smallest absolute Gasteiger partial charge is 0.231 e. The van der Waals surface area contributed by atoms with E-state index in [-0.39, 0.29) is 18.4 Å². The fraction of sp³-hybridized carbons (Fsp3) is 0.360. The second kappa shape index (κ2) is 8.64. The van der Waals surface area contributed by atoms with Crippen LogP contribution in [-0.2, 0) is 11.8 Å². The van der Waals surface area contributed by atoms with E-state index >= 15 is 0 Å². The Labute approximate surface area is 196 Å². The lowest BCUT2D eigenvalue weighted by atomic mass is 9.92. The summed E-state index contributed by atoms with van der Waals surface area (Å²) >= 11 is 0. The molecule has 3 aromatic heterocycles. The van der Waals surface area contributed by atoms with Gasteiger partial charge in [0.15, 0.2) is 5.82 Å². The molecule has 8 nitrogen and oxygen atoms in total. The number of aliphatic hydroxyl groups is 1. The van der Waals surface area contributed by atoms with Crippen molar-refractivity contribution >= 4 is 28.2 Å². The number of carbonyl (C=O) groups is 1. The summed E-state index contributed by atoms with van der Waals surface area (Å²) in [6.45, 7) is 3.97. The van der Waals surface area contributed by atoms with Crippen molar-refractivity contribution < 1.29 is 14.3 Å². The van der Waals surface area contributed by atoms with Crippen molar-refractivity contribution in [2.75, 3.05) is 5.32 Å². The lowest BCUT2D eigenvalue weighted by Gasteiger charge is -2.26. The lowest BCUT2D eigenvalue weighted by Crippen LogP contribution is -2.37. The quantitative estimate of drug-likeness (QED) is 0.519. The van der Waals surface area contributed by atoms with Crippen molar-refractivity contribution in [2.45, 2.75) is 45.0 Å². The van der Waals surface area contributed by atoms with Gasteiger partial charge in [-0.1, -0.05) is 13.0 Å². The molecule has 9 heteroatoms. The highest BCUT2D eigenvalue weighted by Crippen LogP contribution is 2.36. The van der Waals surface area contributed by atoms with Crippen LogP contribution in [0.1, 0.15) is 32.3 Å². The number of halogens is 1. The molecule has 1 fully saturated rings. The number of amides is 1. The number of pyridine rings is 2. The first-order valence-corrected chi connectivity index (χ1v) is 11.4. The van der Waals surface area contributed by atoms with Gasteiger partial charge in [0.05, 0.1) is 23.6 Å². The molecule has 1 saturated carbocycles. The van der Waals surface area contributed by atoms with Crippen LogP contribution >= 0.6 is 0 Å². The average Bonchev–Trinajstić information content (AvgIpc) is 3.42. The van der Waals surface area contributed by atoms with Crippen LogP contribution in [0, 0.1) is 5.92 Å². The largest absolute Gasteiger partial charge is 0.391 e. The number of fused-ring (bicyclic) bond motifs is 1. The molecule has 0 radical (unpaired) electrons. The van der Waals surface area contributed by atoms with Crippen LogP contribution in [-0.4, -0.2) is 48.9 Å². The third kappa shape index (κ3) is 4.07. The van der Waals surface area contributed by atoms with Crippen LogP contribution in [0.5, 0.6) is 0 Å². The number of dihydropyridines is 1. The van der Waals surface area contributed by atoms with Crippen LogP contribution in [0.3, 0.4) is 0 Å². The molecule has 0 saturated heterocycles. The van der Waals surface area contributed by atoms with Gasteiger partial charge in [-0.2, -0.15) is 0 Å². The van der Waals surface area contributed by atoms with E-state index in [1.54, 1.807) is 18.5 Å². The summed E-state index contributed by atoms with van der Waals surface area (Å²) in [6, 6.07) is 3.55. The van der Waals surface area contributed by atoms with Gasteiger partial charge in [-0.3, -0.25) is 4.79 Å². The predicted molar refractivity (Wildman–Crippen MR) is 128 cm³/mol. The molecule has 0 aromatic carbocycles. The van der Waals surface area contributed by atoms with Crippen LogP contribution in [0.2, 0.25) is 0 Å². The molecule has 2 aliphatic rings. The highest BCUT2D eigenvalue weighted by Gasteiger charge is 2.43. The SMILES string of the molecule is CCC(O)C1C=C(C)C(c2cc3cnc(NC(=O)C4CC4F)cc3nc2-c2nccn2C)=CN1. The topological polar surface area (TPSA) is 105 Å². The number of aryl methyl sites for hydroxylation is 1. The lowest BCUT2D eigenvalue weighted by molar-refractivity contribution is -0.117. The maximum absolute atomic E-state index is 13.2. The Hall–Kier alpha value is -3.59. The van der Waals surface area contributed by atoms with Crippen molar-refractivity contribution in [1.82, 2.24) is 24.8 Å². The van der Waals surface area contributed by atoms with E-state index in [0.29, 0.717) is 29.3 Å². The summed E-state index contributed by atoms with van der Waals surface area (Å²) in [7, 11) is 1.91. The average molecular weight is 463 g/mol. The summed E-state index contributed by atoms with van der Waals surface area (Å²) in [6.07, 6.45) is 8.55. The Kier molecular flexibility index (Phi) is 5.65. The Morgan fingerprint density at radius 3 is 2.82 bits per heavy atom. The number of nitrogens with one attached hydrogen (secondary N) is 2. The van der Waals surface area contributed by atoms with E-state index in [9.17, 15) is 14.3 Å². The van der Waals surface area contributed by atoms with Crippen molar-refractivity contribution in [3.63, 3.8) is 0 Å². The van der Waals surface area contributed by atoms with E-state index < -0.39 is 18.2 Å². The first kappa shape index (κ1) is 22.2. The van der Waals surface area contributed by atoms with E-state index in [1.165, 1.54) is 0 Å². The molecule has 34 heavy (non-hydrogen) atoms. The fourth-order valence-electron chi connectivity index (χ4n) is 4.23. The molecule has 0 spiro atoms. The zero-order valence-electron chi connectivity index (χ0n) is 19.3. The zero-order chi connectivity index (χ0) is 24.0. The minimum absolute atomic E-state index is 0.151. The molecular formula is C25H27FN6O2. The number of nitrogens with zero attached hydrogens (tertiary/aromatic N) is 4. The molecule has 176 valence electrons. The Morgan fingerprint density at radius 2 is 2.18 bits per heavy atom. The molecular weight excluding hydrogens is 435 g/mol. The number of aliphatic hydroxyl groups excluding tert-OH is 1.